The van der Waals surface area contributed by atoms with Gasteiger partial charge in [-0.15, -0.1) is 0 Å². The van der Waals surface area contributed by atoms with Crippen LogP contribution in [0.1, 0.15) is 11.1 Å². The minimum Gasteiger partial charge on any atom is -0.478 e. The quantitative estimate of drug-likeness (QED) is 0.793. The van der Waals surface area contributed by atoms with Gasteiger partial charge in [0.05, 0.1) is 11.1 Å². The normalized spacial score (nSPS) is 14.7. The number of anilines is 1. The van der Waals surface area contributed by atoms with Crippen LogP contribution in [0.15, 0.2) is 66.3 Å². The van der Waals surface area contributed by atoms with E-state index in [2.05, 4.69) is 0 Å². The van der Waals surface area contributed by atoms with Crippen molar-refractivity contribution >= 4 is 29.0 Å². The molecule has 134 valence electrons. The first-order valence-corrected chi connectivity index (χ1v) is 7.99. The Balaban J connectivity index is 2.03. The van der Waals surface area contributed by atoms with Gasteiger partial charge in [-0.3, -0.25) is 0 Å². The predicted molar refractivity (Wildman–Crippen MR) is 93.9 cm³/mol. The summed E-state index contributed by atoms with van der Waals surface area (Å²) in [6, 6.07) is 11.5. The van der Waals surface area contributed by atoms with Crippen LogP contribution in [0, 0.1) is 0 Å². The van der Waals surface area contributed by atoms with E-state index in [0.717, 1.165) is 17.8 Å². The minimum absolute atomic E-state index is 0.0881. The molecule has 0 saturated heterocycles. The molecule has 7 heteroatoms. The number of carbonyl (C=O) groups is 1. The van der Waals surface area contributed by atoms with Crippen molar-refractivity contribution in [2.45, 2.75) is 6.18 Å². The Hall–Kier alpha value is -2.73. The first kappa shape index (κ1) is 18.1. The molecule has 0 fully saturated rings. The van der Waals surface area contributed by atoms with Crippen LogP contribution in [0.5, 0.6) is 0 Å². The van der Waals surface area contributed by atoms with Gasteiger partial charge in [-0.05, 0) is 48.0 Å². The van der Waals surface area contributed by atoms with Crippen molar-refractivity contribution in [1.29, 1.82) is 0 Å². The molecule has 1 N–H and O–H groups in total. The molecule has 0 radical (unpaired) electrons. The summed E-state index contributed by atoms with van der Waals surface area (Å²) in [6.45, 7) is 0.274. The molecule has 2 aromatic carbocycles. The van der Waals surface area contributed by atoms with E-state index in [1.807, 2.05) is 4.90 Å². The Morgan fingerprint density at radius 1 is 1.04 bits per heavy atom. The van der Waals surface area contributed by atoms with Crippen LogP contribution in [0.3, 0.4) is 0 Å². The molecule has 3 rings (SSSR count). The monoisotopic (exact) mass is 379 g/mol. The molecule has 3 nitrogen and oxygen atoms in total. The highest BCUT2D eigenvalue weighted by Gasteiger charge is 2.30. The summed E-state index contributed by atoms with van der Waals surface area (Å²) in [5.74, 6) is -1.09. The Morgan fingerprint density at radius 3 is 2.19 bits per heavy atom. The van der Waals surface area contributed by atoms with Crippen LogP contribution in [0.4, 0.5) is 18.9 Å². The second-order valence-electron chi connectivity index (χ2n) is 5.66. The highest BCUT2D eigenvalue weighted by Crippen LogP contribution is 2.34. The van der Waals surface area contributed by atoms with Gasteiger partial charge < -0.3 is 10.0 Å². The zero-order valence-electron chi connectivity index (χ0n) is 13.3. The fourth-order valence-electron chi connectivity index (χ4n) is 2.66. The van der Waals surface area contributed by atoms with E-state index >= 15 is 0 Å². The maximum atomic E-state index is 12.8. The van der Waals surface area contributed by atoms with Crippen molar-refractivity contribution in [2.24, 2.45) is 0 Å². The maximum absolute atomic E-state index is 12.8. The molecular weight excluding hydrogens is 367 g/mol. The van der Waals surface area contributed by atoms with Crippen molar-refractivity contribution in [1.82, 2.24) is 0 Å². The number of alkyl halides is 3. The molecule has 0 atom stereocenters. The lowest BCUT2D eigenvalue weighted by atomic mass is 10.0. The summed E-state index contributed by atoms with van der Waals surface area (Å²) < 4.78 is 38.4. The fourth-order valence-corrected chi connectivity index (χ4v) is 2.78. The molecule has 1 heterocycles. The van der Waals surface area contributed by atoms with Gasteiger partial charge in [0.25, 0.3) is 0 Å². The van der Waals surface area contributed by atoms with Gasteiger partial charge in [-0.25, -0.2) is 4.79 Å². The number of carboxylic acid groups (broad SMARTS) is 1. The van der Waals surface area contributed by atoms with E-state index in [9.17, 15) is 23.1 Å². The average Bonchev–Trinajstić information content (AvgIpc) is 2.61. The molecule has 0 saturated carbocycles. The van der Waals surface area contributed by atoms with E-state index in [1.165, 1.54) is 18.2 Å². The number of rotatable bonds is 3. The number of carboxylic acids is 1. The van der Waals surface area contributed by atoms with Crippen LogP contribution in [0.25, 0.3) is 5.70 Å². The number of halogens is 4. The van der Waals surface area contributed by atoms with E-state index in [-0.39, 0.29) is 12.1 Å². The van der Waals surface area contributed by atoms with Gasteiger partial charge in [-0.2, -0.15) is 13.2 Å². The molecule has 0 spiro atoms. The Bertz CT molecular complexity index is 884. The Labute approximate surface area is 152 Å². The number of hydrogen-bond donors (Lipinski definition) is 1. The zero-order valence-corrected chi connectivity index (χ0v) is 14.1. The van der Waals surface area contributed by atoms with Crippen LogP contribution in [-0.4, -0.2) is 17.6 Å². The number of hydrogen-bond acceptors (Lipinski definition) is 2. The largest absolute Gasteiger partial charge is 0.478 e. The minimum atomic E-state index is -4.43. The summed E-state index contributed by atoms with van der Waals surface area (Å²) in [7, 11) is 0. The van der Waals surface area contributed by atoms with Gasteiger partial charge in [0.1, 0.15) is 0 Å². The average molecular weight is 380 g/mol. The van der Waals surface area contributed by atoms with Crippen molar-refractivity contribution in [3.05, 3.63) is 82.4 Å². The SMILES string of the molecule is O=C(O)C1=CCN(c2ccc(Cl)cc2)C(c2ccc(C(F)(F)F)cc2)=C1. The summed E-state index contributed by atoms with van der Waals surface area (Å²) >= 11 is 5.90. The first-order valence-electron chi connectivity index (χ1n) is 7.61. The lowest BCUT2D eigenvalue weighted by molar-refractivity contribution is -0.137. The van der Waals surface area contributed by atoms with E-state index in [1.54, 1.807) is 30.3 Å². The Kier molecular flexibility index (Phi) is 4.78. The molecule has 1 aliphatic rings. The third kappa shape index (κ3) is 3.75. The van der Waals surface area contributed by atoms with Gasteiger partial charge >= 0.3 is 12.1 Å². The number of nitrogens with zero attached hydrogens (tertiary/aromatic N) is 1. The highest BCUT2D eigenvalue weighted by atomic mass is 35.5. The van der Waals surface area contributed by atoms with E-state index < -0.39 is 17.7 Å². The fraction of sp³-hybridized carbons (Fsp3) is 0.105. The van der Waals surface area contributed by atoms with Crippen molar-refractivity contribution in [2.75, 3.05) is 11.4 Å². The highest BCUT2D eigenvalue weighted by molar-refractivity contribution is 6.30. The van der Waals surface area contributed by atoms with Gasteiger partial charge in [0.15, 0.2) is 0 Å². The van der Waals surface area contributed by atoms with Gasteiger partial charge in [0.2, 0.25) is 0 Å². The predicted octanol–water partition coefficient (Wildman–Crippen LogP) is 5.23. The summed E-state index contributed by atoms with van der Waals surface area (Å²) in [6.07, 6.45) is -1.44. The molecule has 0 aromatic heterocycles. The molecule has 1 aliphatic heterocycles. The molecule has 2 aromatic rings. The van der Waals surface area contributed by atoms with Crippen molar-refractivity contribution < 1.29 is 23.1 Å². The Morgan fingerprint density at radius 2 is 1.65 bits per heavy atom. The molecule has 0 amide bonds. The lowest BCUT2D eigenvalue weighted by Gasteiger charge is -2.30. The maximum Gasteiger partial charge on any atom is 0.416 e. The summed E-state index contributed by atoms with van der Waals surface area (Å²) in [5.41, 5.74) is 1.07. The second kappa shape index (κ2) is 6.88. The van der Waals surface area contributed by atoms with Crippen LogP contribution in [-0.2, 0) is 11.0 Å². The third-order valence-corrected chi connectivity index (χ3v) is 4.22. The third-order valence-electron chi connectivity index (χ3n) is 3.97. The lowest BCUT2D eigenvalue weighted by Crippen LogP contribution is -2.26. The standard InChI is InChI=1S/C19H13ClF3NO2/c20-15-5-7-16(8-6-15)24-10-9-13(18(25)26)11-17(24)12-1-3-14(4-2-12)19(21,22)23/h1-9,11H,10H2,(H,25,26). The van der Waals surface area contributed by atoms with E-state index in [4.69, 9.17) is 11.6 Å². The molecule has 0 bridgehead atoms. The van der Waals surface area contributed by atoms with Crippen LogP contribution >= 0.6 is 11.6 Å². The van der Waals surface area contributed by atoms with Crippen molar-refractivity contribution in [3.8, 4) is 0 Å². The molecule has 0 unspecified atom stereocenters. The molecule has 26 heavy (non-hydrogen) atoms. The second-order valence-corrected chi connectivity index (χ2v) is 6.09. The van der Waals surface area contributed by atoms with Crippen LogP contribution < -0.4 is 4.90 Å². The van der Waals surface area contributed by atoms with Crippen molar-refractivity contribution in [3.63, 3.8) is 0 Å². The van der Waals surface area contributed by atoms with Gasteiger partial charge in [-0.1, -0.05) is 29.8 Å². The first-order chi connectivity index (χ1) is 12.3. The zero-order chi connectivity index (χ0) is 18.9. The summed E-state index contributed by atoms with van der Waals surface area (Å²) in [5, 5.41) is 9.80. The molecule has 0 aliphatic carbocycles. The van der Waals surface area contributed by atoms with Crippen LogP contribution in [0.2, 0.25) is 5.02 Å². The summed E-state index contributed by atoms with van der Waals surface area (Å²) in [4.78, 5) is 13.1. The number of benzene rings is 2. The smallest absolute Gasteiger partial charge is 0.416 e. The van der Waals surface area contributed by atoms with Gasteiger partial charge in [0, 0.05) is 23.0 Å². The van der Waals surface area contributed by atoms with E-state index in [0.29, 0.717) is 16.3 Å². The topological polar surface area (TPSA) is 40.5 Å². The number of aliphatic carboxylic acids is 1. The molecular formula is C19H13ClF3NO2.